The fourth-order valence-electron chi connectivity index (χ4n) is 3.63. The van der Waals surface area contributed by atoms with Crippen molar-refractivity contribution in [3.8, 4) is 0 Å². The second-order valence-electron chi connectivity index (χ2n) is 8.06. The smallest absolute Gasteiger partial charge is 0.550 e. The number of rotatable bonds is 21. The standard InChI is InChI=1S/C24H44O4.Na/c1-2-3-4-5-6-7-8-9-10-11-12-13-14-15-16-17-18-19-20-22(24(27)28)21-23(25)26;/h2-3,22H,4-21H2,1H3,(H,25,26)(H,27,28);/q;+1/p-1/b3-2+;. The molecule has 0 aliphatic rings. The van der Waals surface area contributed by atoms with Crippen molar-refractivity contribution in [1.82, 2.24) is 0 Å². The molecule has 29 heavy (non-hydrogen) atoms. The van der Waals surface area contributed by atoms with Gasteiger partial charge in [-0.1, -0.05) is 102 Å². The molecule has 4 nitrogen and oxygen atoms in total. The van der Waals surface area contributed by atoms with Crippen LogP contribution < -0.4 is 34.7 Å². The van der Waals surface area contributed by atoms with E-state index in [0.29, 0.717) is 6.42 Å². The van der Waals surface area contributed by atoms with Gasteiger partial charge in [-0.2, -0.15) is 0 Å². The zero-order valence-corrected chi connectivity index (χ0v) is 21.1. The predicted molar refractivity (Wildman–Crippen MR) is 114 cm³/mol. The summed E-state index contributed by atoms with van der Waals surface area (Å²) in [7, 11) is 0. The van der Waals surface area contributed by atoms with Crippen LogP contribution in [-0.4, -0.2) is 17.0 Å². The number of hydrogen-bond acceptors (Lipinski definition) is 3. The maximum Gasteiger partial charge on any atom is 1.00 e. The van der Waals surface area contributed by atoms with Gasteiger partial charge in [-0.3, -0.25) is 4.79 Å². The van der Waals surface area contributed by atoms with Crippen LogP contribution in [0.2, 0.25) is 0 Å². The van der Waals surface area contributed by atoms with Crippen molar-refractivity contribution < 1.29 is 49.4 Å². The summed E-state index contributed by atoms with van der Waals surface area (Å²) in [6, 6.07) is 0. The first-order valence-corrected chi connectivity index (χ1v) is 11.6. The summed E-state index contributed by atoms with van der Waals surface area (Å²) >= 11 is 0. The van der Waals surface area contributed by atoms with Crippen molar-refractivity contribution in [2.24, 2.45) is 5.92 Å². The molecule has 0 bridgehead atoms. The molecule has 0 saturated heterocycles. The first-order valence-electron chi connectivity index (χ1n) is 11.6. The Balaban J connectivity index is 0. The maximum absolute atomic E-state index is 11.0. The van der Waals surface area contributed by atoms with Crippen LogP contribution >= 0.6 is 0 Å². The minimum atomic E-state index is -1.27. The predicted octanol–water partition coefficient (Wildman–Crippen LogP) is 3.04. The van der Waals surface area contributed by atoms with E-state index in [1.807, 2.05) is 0 Å². The van der Waals surface area contributed by atoms with E-state index in [4.69, 9.17) is 5.11 Å². The van der Waals surface area contributed by atoms with Gasteiger partial charge < -0.3 is 15.0 Å². The van der Waals surface area contributed by atoms with Crippen molar-refractivity contribution >= 4 is 11.9 Å². The molecule has 0 aromatic carbocycles. The Morgan fingerprint density at radius 2 is 1.14 bits per heavy atom. The Kier molecular flexibility index (Phi) is 25.5. The van der Waals surface area contributed by atoms with E-state index in [-0.39, 0.29) is 36.0 Å². The van der Waals surface area contributed by atoms with Crippen LogP contribution in [0.5, 0.6) is 0 Å². The van der Waals surface area contributed by atoms with E-state index < -0.39 is 17.9 Å². The summed E-state index contributed by atoms with van der Waals surface area (Å²) < 4.78 is 0. The Morgan fingerprint density at radius 1 is 0.759 bits per heavy atom. The normalized spacial score (nSPS) is 12.0. The molecule has 1 N–H and O–H groups in total. The molecule has 0 aliphatic heterocycles. The number of carboxylic acid groups (broad SMARTS) is 2. The van der Waals surface area contributed by atoms with Gasteiger partial charge in [0.2, 0.25) is 0 Å². The zero-order chi connectivity index (χ0) is 20.9. The van der Waals surface area contributed by atoms with E-state index in [1.165, 1.54) is 83.5 Å². The SMILES string of the molecule is C/C=C/CCCCCCCCCCCCCCCCCC(CC(=O)[O-])C(=O)O.[Na+]. The van der Waals surface area contributed by atoms with Gasteiger partial charge in [0, 0.05) is 12.4 Å². The second-order valence-corrected chi connectivity index (χ2v) is 8.06. The number of hydrogen-bond donors (Lipinski definition) is 1. The minimum absolute atomic E-state index is 0. The number of carbonyl (C=O) groups excluding carboxylic acids is 1. The molecule has 0 saturated carbocycles. The Morgan fingerprint density at radius 3 is 1.48 bits per heavy atom. The first kappa shape index (κ1) is 30.9. The van der Waals surface area contributed by atoms with Gasteiger partial charge in [-0.15, -0.1) is 0 Å². The molecule has 0 fully saturated rings. The van der Waals surface area contributed by atoms with Gasteiger partial charge in [0.05, 0.1) is 5.92 Å². The molecule has 0 aromatic rings. The van der Waals surface area contributed by atoms with Crippen LogP contribution in [0.3, 0.4) is 0 Å². The fourth-order valence-corrected chi connectivity index (χ4v) is 3.63. The van der Waals surface area contributed by atoms with Crippen LogP contribution in [0.15, 0.2) is 12.2 Å². The average molecular weight is 419 g/mol. The Bertz CT molecular complexity index is 410. The van der Waals surface area contributed by atoms with E-state index in [2.05, 4.69) is 19.1 Å². The molecule has 1 atom stereocenters. The van der Waals surface area contributed by atoms with Gasteiger partial charge in [0.15, 0.2) is 0 Å². The maximum atomic E-state index is 11.0. The van der Waals surface area contributed by atoms with Gasteiger partial charge in [-0.05, 0) is 26.2 Å². The van der Waals surface area contributed by atoms with Crippen LogP contribution in [0.1, 0.15) is 122 Å². The number of carbonyl (C=O) groups is 2. The quantitative estimate of drug-likeness (QED) is 0.177. The largest absolute Gasteiger partial charge is 1.00 e. The summed E-state index contributed by atoms with van der Waals surface area (Å²) in [5.41, 5.74) is 0. The number of unbranched alkanes of at least 4 members (excludes halogenated alkanes) is 15. The van der Waals surface area contributed by atoms with Crippen LogP contribution in [0.4, 0.5) is 0 Å². The van der Waals surface area contributed by atoms with Crippen molar-refractivity contribution in [2.75, 3.05) is 0 Å². The third-order valence-corrected chi connectivity index (χ3v) is 5.42. The van der Waals surface area contributed by atoms with Gasteiger partial charge >= 0.3 is 35.5 Å². The number of allylic oxidation sites excluding steroid dienone is 2. The van der Waals surface area contributed by atoms with Crippen molar-refractivity contribution in [3.05, 3.63) is 12.2 Å². The monoisotopic (exact) mass is 418 g/mol. The summed E-state index contributed by atoms with van der Waals surface area (Å²) in [6.45, 7) is 2.09. The Labute approximate surface area is 201 Å². The van der Waals surface area contributed by atoms with Crippen LogP contribution in [-0.2, 0) is 9.59 Å². The number of aliphatic carboxylic acids is 2. The molecule has 1 unspecified atom stereocenters. The van der Waals surface area contributed by atoms with Crippen molar-refractivity contribution in [2.45, 2.75) is 122 Å². The fraction of sp³-hybridized carbons (Fsp3) is 0.833. The molecule has 0 radical (unpaired) electrons. The molecule has 5 heteroatoms. The average Bonchev–Trinajstić information content (AvgIpc) is 2.65. The third kappa shape index (κ3) is 23.8. The summed E-state index contributed by atoms with van der Waals surface area (Å²) in [6.07, 6.45) is 24.7. The van der Waals surface area contributed by atoms with Crippen LogP contribution in [0.25, 0.3) is 0 Å². The zero-order valence-electron chi connectivity index (χ0n) is 19.1. The van der Waals surface area contributed by atoms with Crippen molar-refractivity contribution in [3.63, 3.8) is 0 Å². The van der Waals surface area contributed by atoms with Gasteiger partial charge in [0.25, 0.3) is 0 Å². The molecular formula is C24H43NaO4. The van der Waals surface area contributed by atoms with Gasteiger partial charge in [-0.25, -0.2) is 0 Å². The molecule has 0 amide bonds. The van der Waals surface area contributed by atoms with E-state index in [9.17, 15) is 14.7 Å². The molecule has 0 spiro atoms. The third-order valence-electron chi connectivity index (χ3n) is 5.42. The molecule has 164 valence electrons. The summed E-state index contributed by atoms with van der Waals surface area (Å²) in [4.78, 5) is 21.5. The summed E-state index contributed by atoms with van der Waals surface area (Å²) in [5, 5.41) is 19.5. The van der Waals surface area contributed by atoms with E-state index in [0.717, 1.165) is 19.3 Å². The van der Waals surface area contributed by atoms with Crippen LogP contribution in [0, 0.1) is 5.92 Å². The van der Waals surface area contributed by atoms with E-state index >= 15 is 0 Å². The topological polar surface area (TPSA) is 77.4 Å². The van der Waals surface area contributed by atoms with E-state index in [1.54, 1.807) is 0 Å². The summed E-state index contributed by atoms with van der Waals surface area (Å²) in [5.74, 6) is -3.08. The number of carboxylic acids is 2. The van der Waals surface area contributed by atoms with Crippen molar-refractivity contribution in [1.29, 1.82) is 0 Å². The molecule has 0 rings (SSSR count). The first-order chi connectivity index (χ1) is 13.6. The minimum Gasteiger partial charge on any atom is -0.550 e. The van der Waals surface area contributed by atoms with Gasteiger partial charge in [0.1, 0.15) is 0 Å². The second kappa shape index (κ2) is 24.0. The molecule has 0 aromatic heterocycles. The molecular weight excluding hydrogens is 375 g/mol. The molecule has 0 heterocycles. The molecule has 0 aliphatic carbocycles. The Hall–Kier alpha value is -0.320.